The Balaban J connectivity index is 1.81. The van der Waals surface area contributed by atoms with E-state index in [2.05, 4.69) is 5.32 Å². The Bertz CT molecular complexity index is 552. The molecule has 1 fully saturated rings. The summed E-state index contributed by atoms with van der Waals surface area (Å²) in [4.78, 5) is 25.7. The highest BCUT2D eigenvalue weighted by atomic mass is 16.5. The van der Waals surface area contributed by atoms with Crippen molar-refractivity contribution in [1.82, 2.24) is 4.90 Å². The van der Waals surface area contributed by atoms with Crippen molar-refractivity contribution in [2.45, 2.75) is 12.5 Å². The highest BCUT2D eigenvalue weighted by Crippen LogP contribution is 2.35. The van der Waals surface area contributed by atoms with Crippen molar-refractivity contribution in [3.8, 4) is 0 Å². The third kappa shape index (κ3) is 2.28. The molecule has 0 spiro atoms. The Morgan fingerprint density at radius 2 is 2.10 bits per heavy atom. The van der Waals surface area contributed by atoms with Crippen LogP contribution in [0.4, 0.5) is 10.5 Å². The van der Waals surface area contributed by atoms with Crippen LogP contribution in [-0.4, -0.2) is 48.1 Å². The zero-order chi connectivity index (χ0) is 14.1. The topological polar surface area (TPSA) is 78.9 Å². The third-order valence-electron chi connectivity index (χ3n) is 3.65. The van der Waals surface area contributed by atoms with Crippen LogP contribution in [0.1, 0.15) is 28.4 Å². The predicted octanol–water partition coefficient (Wildman–Crippen LogP) is 1.17. The van der Waals surface area contributed by atoms with Gasteiger partial charge in [0.2, 0.25) is 0 Å². The summed E-state index contributed by atoms with van der Waals surface area (Å²) < 4.78 is 5.20. The SMILES string of the molecule is O=C1CC(O)c2cccc(NC(=O)N3CCOCC3)c21. The first kappa shape index (κ1) is 13.1. The zero-order valence-corrected chi connectivity index (χ0v) is 11.0. The Labute approximate surface area is 116 Å². The molecule has 0 radical (unpaired) electrons. The molecule has 0 bridgehead atoms. The number of Topliss-reactive ketones (excluding diaryl/α,β-unsaturated/α-hetero) is 1. The number of nitrogens with zero attached hydrogens (tertiary/aromatic N) is 1. The largest absolute Gasteiger partial charge is 0.388 e. The molecule has 2 amide bonds. The van der Waals surface area contributed by atoms with E-state index in [0.29, 0.717) is 43.1 Å². The first-order chi connectivity index (χ1) is 9.66. The van der Waals surface area contributed by atoms with Gasteiger partial charge >= 0.3 is 6.03 Å². The summed E-state index contributed by atoms with van der Waals surface area (Å²) in [5.74, 6) is -0.134. The van der Waals surface area contributed by atoms with Gasteiger partial charge in [-0.1, -0.05) is 12.1 Å². The number of aliphatic hydroxyl groups is 1. The summed E-state index contributed by atoms with van der Waals surface area (Å²) in [6, 6.07) is 4.90. The first-order valence-electron chi connectivity index (χ1n) is 6.64. The van der Waals surface area contributed by atoms with Gasteiger partial charge in [0.25, 0.3) is 0 Å². The van der Waals surface area contributed by atoms with Crippen LogP contribution in [0.2, 0.25) is 0 Å². The van der Waals surface area contributed by atoms with Gasteiger partial charge in [0.05, 0.1) is 25.0 Å². The van der Waals surface area contributed by atoms with E-state index in [1.54, 1.807) is 23.1 Å². The molecule has 20 heavy (non-hydrogen) atoms. The van der Waals surface area contributed by atoms with Crippen LogP contribution >= 0.6 is 0 Å². The summed E-state index contributed by atoms with van der Waals surface area (Å²) in [6.45, 7) is 2.13. The molecule has 1 aromatic carbocycles. The van der Waals surface area contributed by atoms with Crippen molar-refractivity contribution in [1.29, 1.82) is 0 Å². The van der Waals surface area contributed by atoms with Gasteiger partial charge in [0.1, 0.15) is 0 Å². The fraction of sp³-hybridized carbons (Fsp3) is 0.429. The molecule has 1 saturated heterocycles. The van der Waals surface area contributed by atoms with E-state index in [-0.39, 0.29) is 18.2 Å². The lowest BCUT2D eigenvalue weighted by atomic mass is 10.1. The number of nitrogens with one attached hydrogen (secondary N) is 1. The molecule has 6 heteroatoms. The number of rotatable bonds is 1. The number of amides is 2. The summed E-state index contributed by atoms with van der Waals surface area (Å²) in [5, 5.41) is 12.6. The number of aliphatic hydroxyl groups excluding tert-OH is 1. The second-order valence-electron chi connectivity index (χ2n) is 4.94. The number of urea groups is 1. The molecule has 2 N–H and O–H groups in total. The van der Waals surface area contributed by atoms with E-state index in [1.165, 1.54) is 0 Å². The van der Waals surface area contributed by atoms with E-state index < -0.39 is 6.10 Å². The van der Waals surface area contributed by atoms with Gasteiger partial charge < -0.3 is 20.1 Å². The van der Waals surface area contributed by atoms with Crippen LogP contribution < -0.4 is 5.32 Å². The highest BCUT2D eigenvalue weighted by Gasteiger charge is 2.31. The van der Waals surface area contributed by atoms with Gasteiger partial charge in [0.15, 0.2) is 5.78 Å². The summed E-state index contributed by atoms with van der Waals surface area (Å²) >= 11 is 0. The minimum Gasteiger partial charge on any atom is -0.388 e. The van der Waals surface area contributed by atoms with Gasteiger partial charge in [-0.2, -0.15) is 0 Å². The highest BCUT2D eigenvalue weighted by molar-refractivity contribution is 6.08. The van der Waals surface area contributed by atoms with E-state index in [1.807, 2.05) is 0 Å². The van der Waals surface area contributed by atoms with E-state index in [9.17, 15) is 14.7 Å². The number of morpholine rings is 1. The lowest BCUT2D eigenvalue weighted by molar-refractivity contribution is 0.0564. The molecule has 1 heterocycles. The van der Waals surface area contributed by atoms with Crippen LogP contribution in [-0.2, 0) is 4.74 Å². The molecular weight excluding hydrogens is 260 g/mol. The Kier molecular flexibility index (Phi) is 3.42. The van der Waals surface area contributed by atoms with Gasteiger partial charge in [-0.05, 0) is 11.6 Å². The predicted molar refractivity (Wildman–Crippen MR) is 71.8 cm³/mol. The minimum atomic E-state index is -0.766. The van der Waals surface area contributed by atoms with E-state index in [4.69, 9.17) is 4.74 Å². The number of ether oxygens (including phenoxy) is 1. The van der Waals surface area contributed by atoms with Gasteiger partial charge in [-0.25, -0.2) is 4.79 Å². The van der Waals surface area contributed by atoms with Crippen LogP contribution in [0.3, 0.4) is 0 Å². The van der Waals surface area contributed by atoms with Crippen molar-refractivity contribution < 1.29 is 19.4 Å². The summed E-state index contributed by atoms with van der Waals surface area (Å²) in [7, 11) is 0. The Hall–Kier alpha value is -1.92. The molecule has 1 aliphatic carbocycles. The number of carbonyl (C=O) groups is 2. The number of benzene rings is 1. The van der Waals surface area contributed by atoms with Gasteiger partial charge in [-0.3, -0.25) is 4.79 Å². The molecule has 1 unspecified atom stereocenters. The van der Waals surface area contributed by atoms with Gasteiger partial charge in [-0.15, -0.1) is 0 Å². The number of hydrogen-bond acceptors (Lipinski definition) is 4. The quantitative estimate of drug-likeness (QED) is 0.807. The maximum Gasteiger partial charge on any atom is 0.322 e. The zero-order valence-electron chi connectivity index (χ0n) is 11.0. The van der Waals surface area contributed by atoms with Crippen LogP contribution in [0, 0.1) is 0 Å². The van der Waals surface area contributed by atoms with Crippen molar-refractivity contribution in [3.63, 3.8) is 0 Å². The maximum absolute atomic E-state index is 12.1. The van der Waals surface area contributed by atoms with Crippen molar-refractivity contribution in [2.75, 3.05) is 31.6 Å². The molecule has 1 aliphatic heterocycles. The van der Waals surface area contributed by atoms with Crippen LogP contribution in [0.25, 0.3) is 0 Å². The molecule has 1 aromatic rings. The fourth-order valence-electron chi connectivity index (χ4n) is 2.61. The average molecular weight is 276 g/mol. The lowest BCUT2D eigenvalue weighted by Crippen LogP contribution is -2.43. The number of ketones is 1. The van der Waals surface area contributed by atoms with Crippen LogP contribution in [0.15, 0.2) is 18.2 Å². The number of hydrogen-bond donors (Lipinski definition) is 2. The molecule has 6 nitrogen and oxygen atoms in total. The molecule has 0 aromatic heterocycles. The van der Waals surface area contributed by atoms with Crippen molar-refractivity contribution in [3.05, 3.63) is 29.3 Å². The number of anilines is 1. The lowest BCUT2D eigenvalue weighted by Gasteiger charge is -2.27. The normalized spacial score (nSPS) is 21.8. The van der Waals surface area contributed by atoms with Crippen molar-refractivity contribution >= 4 is 17.5 Å². The number of carbonyl (C=O) groups excluding carboxylic acids is 2. The smallest absolute Gasteiger partial charge is 0.322 e. The maximum atomic E-state index is 12.1. The molecule has 106 valence electrons. The Morgan fingerprint density at radius 1 is 1.35 bits per heavy atom. The average Bonchev–Trinajstić information content (AvgIpc) is 2.76. The number of fused-ring (bicyclic) bond motifs is 1. The van der Waals surface area contributed by atoms with Gasteiger partial charge in [0, 0.05) is 25.1 Å². The second-order valence-corrected chi connectivity index (χ2v) is 4.94. The summed E-state index contributed by atoms with van der Waals surface area (Å²) in [6.07, 6.45) is -0.683. The monoisotopic (exact) mass is 276 g/mol. The van der Waals surface area contributed by atoms with E-state index in [0.717, 1.165) is 0 Å². The first-order valence-corrected chi connectivity index (χ1v) is 6.64. The minimum absolute atomic E-state index is 0.0831. The molecule has 2 aliphatic rings. The standard InChI is InChI=1S/C14H16N2O4/c17-11-8-12(18)13-9(11)2-1-3-10(13)15-14(19)16-4-6-20-7-5-16/h1-3,11,17H,4-8H2,(H,15,19). The molecular formula is C14H16N2O4. The molecule has 3 rings (SSSR count). The molecule has 0 saturated carbocycles. The molecule has 1 atom stereocenters. The van der Waals surface area contributed by atoms with Crippen LogP contribution in [0.5, 0.6) is 0 Å². The third-order valence-corrected chi connectivity index (χ3v) is 3.65. The van der Waals surface area contributed by atoms with Crippen molar-refractivity contribution in [2.24, 2.45) is 0 Å². The Morgan fingerprint density at radius 3 is 2.85 bits per heavy atom. The second kappa shape index (κ2) is 5.22. The van der Waals surface area contributed by atoms with E-state index >= 15 is 0 Å². The fourth-order valence-corrected chi connectivity index (χ4v) is 2.61. The summed E-state index contributed by atoms with van der Waals surface area (Å²) in [5.41, 5.74) is 1.50.